The summed E-state index contributed by atoms with van der Waals surface area (Å²) >= 11 is 0. The molecule has 10 nitrogen and oxygen atoms in total. The number of nitrogens with zero attached hydrogens (tertiary/aromatic N) is 2. The fourth-order valence-electron chi connectivity index (χ4n) is 4.38. The second kappa shape index (κ2) is 12.3. The Morgan fingerprint density at radius 2 is 1.89 bits per heavy atom. The van der Waals surface area contributed by atoms with Gasteiger partial charge in [0.1, 0.15) is 30.0 Å². The Morgan fingerprint density at radius 1 is 1.14 bits per heavy atom. The maximum absolute atomic E-state index is 12.7. The molecule has 2 aromatic carbocycles. The van der Waals surface area contributed by atoms with E-state index in [0.29, 0.717) is 5.56 Å². The number of aliphatic hydroxyl groups is 3. The van der Waals surface area contributed by atoms with Crippen molar-refractivity contribution in [3.05, 3.63) is 47.5 Å². The number of morpholine rings is 1. The number of rotatable bonds is 8. The van der Waals surface area contributed by atoms with Gasteiger partial charge in [0, 0.05) is 31.9 Å². The van der Waals surface area contributed by atoms with E-state index in [1.807, 2.05) is 36.4 Å². The lowest BCUT2D eigenvalue weighted by molar-refractivity contribution is -0.163. The molecule has 0 aromatic heterocycles. The Bertz CT molecular complexity index is 1130. The number of anilines is 1. The number of benzene rings is 2. The lowest BCUT2D eigenvalue weighted by Crippen LogP contribution is -2.60. The van der Waals surface area contributed by atoms with Gasteiger partial charge < -0.3 is 35.4 Å². The third-order valence-corrected chi connectivity index (χ3v) is 6.53. The van der Waals surface area contributed by atoms with Crippen LogP contribution in [0.4, 0.5) is 5.69 Å². The quantitative estimate of drug-likeness (QED) is 0.253. The molecule has 0 bridgehead atoms. The van der Waals surface area contributed by atoms with Crippen LogP contribution in [0.15, 0.2) is 42.0 Å². The van der Waals surface area contributed by atoms with Gasteiger partial charge in [-0.1, -0.05) is 18.2 Å². The topological polar surface area (TPSA) is 147 Å². The Labute approximate surface area is 209 Å². The predicted octanol–water partition coefficient (Wildman–Crippen LogP) is 0.0886. The summed E-state index contributed by atoms with van der Waals surface area (Å²) < 4.78 is 10.7. The highest BCUT2D eigenvalue weighted by atomic mass is 16.5. The molecule has 2 aromatic rings. The lowest BCUT2D eigenvalue weighted by atomic mass is 9.98. The maximum Gasteiger partial charge on any atom is 0.262 e. The Hall–Kier alpha value is -3.04. The number of hydrogen-bond acceptors (Lipinski definition) is 9. The molecule has 0 aliphatic carbocycles. The maximum atomic E-state index is 12.7. The van der Waals surface area contributed by atoms with Crippen molar-refractivity contribution < 1.29 is 29.6 Å². The first-order valence-corrected chi connectivity index (χ1v) is 12.1. The summed E-state index contributed by atoms with van der Waals surface area (Å²) in [5.41, 5.74) is 1.57. The molecule has 4 atom stereocenters. The van der Waals surface area contributed by atoms with Crippen molar-refractivity contribution in [3.63, 3.8) is 0 Å². The van der Waals surface area contributed by atoms with Crippen LogP contribution in [-0.2, 0) is 14.3 Å². The van der Waals surface area contributed by atoms with E-state index in [-0.39, 0.29) is 12.2 Å². The van der Waals surface area contributed by atoms with Crippen LogP contribution in [0.5, 0.6) is 0 Å². The van der Waals surface area contributed by atoms with Crippen molar-refractivity contribution >= 4 is 28.4 Å². The lowest BCUT2D eigenvalue weighted by Gasteiger charge is -2.37. The Kier molecular flexibility index (Phi) is 8.88. The van der Waals surface area contributed by atoms with E-state index >= 15 is 0 Å². The van der Waals surface area contributed by atoms with Gasteiger partial charge in [0.2, 0.25) is 0 Å². The second-order valence-corrected chi connectivity index (χ2v) is 8.99. The molecule has 10 heteroatoms. The van der Waals surface area contributed by atoms with Crippen molar-refractivity contribution in [2.24, 2.45) is 0 Å². The van der Waals surface area contributed by atoms with Crippen molar-refractivity contribution in [1.82, 2.24) is 10.2 Å². The highest BCUT2D eigenvalue weighted by Crippen LogP contribution is 2.22. The first kappa shape index (κ1) is 26.0. The number of hydrogen-bond donors (Lipinski definition) is 5. The van der Waals surface area contributed by atoms with Crippen LogP contribution in [-0.4, -0.2) is 103 Å². The van der Waals surface area contributed by atoms with Gasteiger partial charge in [-0.05, 0) is 40.6 Å². The van der Waals surface area contributed by atoms with Gasteiger partial charge in [-0.3, -0.25) is 9.69 Å². The predicted molar refractivity (Wildman–Crippen MR) is 134 cm³/mol. The smallest absolute Gasteiger partial charge is 0.262 e. The van der Waals surface area contributed by atoms with E-state index < -0.39 is 36.9 Å². The number of amides is 1. The fourth-order valence-corrected chi connectivity index (χ4v) is 4.38. The summed E-state index contributed by atoms with van der Waals surface area (Å²) in [5.74, 6) is -0.681. The second-order valence-electron chi connectivity index (χ2n) is 8.99. The zero-order valence-electron chi connectivity index (χ0n) is 20.0. The summed E-state index contributed by atoms with van der Waals surface area (Å²) in [6, 6.07) is 12.7. The van der Waals surface area contributed by atoms with Gasteiger partial charge in [-0.2, -0.15) is 5.26 Å². The molecule has 2 aliphatic rings. The van der Waals surface area contributed by atoms with Crippen LogP contribution in [0, 0.1) is 11.3 Å². The first-order valence-electron chi connectivity index (χ1n) is 12.1. The first-order chi connectivity index (χ1) is 17.5. The average molecular weight is 497 g/mol. The molecule has 0 radical (unpaired) electrons. The van der Waals surface area contributed by atoms with Crippen LogP contribution in [0.25, 0.3) is 16.8 Å². The minimum absolute atomic E-state index is 0.0906. The molecular formula is C26H32N4O6. The highest BCUT2D eigenvalue weighted by Gasteiger charge is 2.39. The zero-order valence-corrected chi connectivity index (χ0v) is 20.0. The number of carbonyl (C=O) groups is 1. The van der Waals surface area contributed by atoms with Crippen molar-refractivity contribution in [3.8, 4) is 6.07 Å². The van der Waals surface area contributed by atoms with Crippen LogP contribution in [0.2, 0.25) is 0 Å². The molecular weight excluding hydrogens is 464 g/mol. The molecule has 2 fully saturated rings. The SMILES string of the molecule is N#C/C(=C\c1ccc2cc(NCCN3CCOCC3)ccc2c1)C(=O)N[C@H]1CO[C@H](CO)[C@@H](O)[C@@H]1O. The number of ether oxygens (including phenoxy) is 2. The summed E-state index contributed by atoms with van der Waals surface area (Å²) in [6.07, 6.45) is -2.11. The zero-order chi connectivity index (χ0) is 25.5. The van der Waals surface area contributed by atoms with Crippen molar-refractivity contribution in [2.75, 3.05) is 57.9 Å². The molecule has 0 spiro atoms. The normalized spacial score (nSPS) is 25.3. The Balaban J connectivity index is 1.38. The minimum Gasteiger partial charge on any atom is -0.394 e. The van der Waals surface area contributed by atoms with E-state index in [2.05, 4.69) is 21.6 Å². The summed E-state index contributed by atoms with van der Waals surface area (Å²) in [4.78, 5) is 15.0. The van der Waals surface area contributed by atoms with Crippen LogP contribution in [0.3, 0.4) is 0 Å². The van der Waals surface area contributed by atoms with Gasteiger partial charge in [-0.25, -0.2) is 0 Å². The van der Waals surface area contributed by atoms with Crippen molar-refractivity contribution in [1.29, 1.82) is 5.26 Å². The van der Waals surface area contributed by atoms with E-state index in [0.717, 1.165) is 55.9 Å². The third-order valence-electron chi connectivity index (χ3n) is 6.53. The summed E-state index contributed by atoms with van der Waals surface area (Å²) in [7, 11) is 0. The largest absolute Gasteiger partial charge is 0.394 e. The molecule has 2 saturated heterocycles. The van der Waals surface area contributed by atoms with Gasteiger partial charge in [0.05, 0.1) is 32.5 Å². The van der Waals surface area contributed by atoms with Crippen LogP contribution >= 0.6 is 0 Å². The number of carbonyl (C=O) groups excluding carboxylic acids is 1. The highest BCUT2D eigenvalue weighted by molar-refractivity contribution is 6.02. The van der Waals surface area contributed by atoms with E-state index in [1.54, 1.807) is 0 Å². The Morgan fingerprint density at radius 3 is 2.64 bits per heavy atom. The van der Waals surface area contributed by atoms with Gasteiger partial charge in [0.25, 0.3) is 5.91 Å². The molecule has 192 valence electrons. The molecule has 2 heterocycles. The third kappa shape index (κ3) is 6.39. The molecule has 1 amide bonds. The minimum atomic E-state index is -1.34. The van der Waals surface area contributed by atoms with Crippen LogP contribution in [0.1, 0.15) is 5.56 Å². The standard InChI is InChI=1S/C26H32N4O6/c27-14-20(26(34)29-22-16-36-23(15-31)25(33)24(22)32)12-17-1-2-19-13-21(4-3-18(19)11-17)28-5-6-30-7-9-35-10-8-30/h1-4,11-13,22-25,28,31-33H,5-10,15-16H2,(H,29,34)/b20-12+/t22-,23+,24+,25+/m0/s1. The molecule has 4 rings (SSSR count). The molecule has 36 heavy (non-hydrogen) atoms. The molecule has 0 unspecified atom stereocenters. The molecule has 2 aliphatic heterocycles. The molecule has 0 saturated carbocycles. The van der Waals surface area contributed by atoms with Gasteiger partial charge in [0.15, 0.2) is 0 Å². The van der Waals surface area contributed by atoms with Gasteiger partial charge in [-0.15, -0.1) is 0 Å². The summed E-state index contributed by atoms with van der Waals surface area (Å²) in [5, 5.41) is 46.9. The number of nitrogens with one attached hydrogen (secondary N) is 2. The van der Waals surface area contributed by atoms with E-state index in [1.165, 1.54) is 6.08 Å². The fraction of sp³-hybridized carbons (Fsp3) is 0.462. The number of aliphatic hydroxyl groups excluding tert-OH is 3. The average Bonchev–Trinajstić information content (AvgIpc) is 2.90. The number of nitriles is 1. The monoisotopic (exact) mass is 496 g/mol. The number of fused-ring (bicyclic) bond motifs is 1. The van der Waals surface area contributed by atoms with Crippen LogP contribution < -0.4 is 10.6 Å². The molecule has 5 N–H and O–H groups in total. The van der Waals surface area contributed by atoms with Gasteiger partial charge >= 0.3 is 0 Å². The van der Waals surface area contributed by atoms with Crippen molar-refractivity contribution in [2.45, 2.75) is 24.4 Å². The summed E-state index contributed by atoms with van der Waals surface area (Å²) in [6.45, 7) is 4.74. The van der Waals surface area contributed by atoms with E-state index in [9.17, 15) is 25.4 Å². The van der Waals surface area contributed by atoms with E-state index in [4.69, 9.17) is 9.47 Å².